The Kier molecular flexibility index (Phi) is 2.87. The maximum Gasteiger partial charge on any atom is 0.150 e. The highest BCUT2D eigenvalue weighted by atomic mass is 79.9. The first-order valence-electron chi connectivity index (χ1n) is 3.48. The number of carbonyl (C=O) groups excluding carboxylic acids is 1. The van der Waals surface area contributed by atoms with Gasteiger partial charge in [-0.2, -0.15) is 0 Å². The molecule has 2 nitrogen and oxygen atoms in total. The molecule has 1 aromatic carbocycles. The fraction of sp³-hybridized carbons (Fsp3) is 0.222. The summed E-state index contributed by atoms with van der Waals surface area (Å²) < 4.78 is 5.97. The highest BCUT2D eigenvalue weighted by Crippen LogP contribution is 2.26. The Morgan fingerprint density at radius 2 is 2.17 bits per heavy atom. The summed E-state index contributed by atoms with van der Waals surface area (Å²) in [5.41, 5.74) is 1.62. The molecule has 0 amide bonds. The second kappa shape index (κ2) is 3.72. The summed E-state index contributed by atoms with van der Waals surface area (Å²) in [6.07, 6.45) is 0.798. The van der Waals surface area contributed by atoms with Crippen molar-refractivity contribution in [2.24, 2.45) is 0 Å². The Bertz CT molecular complexity index is 308. The zero-order valence-electron chi connectivity index (χ0n) is 6.93. The van der Waals surface area contributed by atoms with E-state index >= 15 is 0 Å². The standard InChI is InChI=1S/C9H9BrO2/c1-6-8(10)3-7(5-11)4-9(6)12-2/h3-5H,1-2H3. The van der Waals surface area contributed by atoms with Gasteiger partial charge in [0.1, 0.15) is 12.0 Å². The molecule has 0 saturated heterocycles. The van der Waals surface area contributed by atoms with E-state index in [0.29, 0.717) is 5.56 Å². The summed E-state index contributed by atoms with van der Waals surface area (Å²) in [5, 5.41) is 0. The summed E-state index contributed by atoms with van der Waals surface area (Å²) in [5.74, 6) is 0.728. The van der Waals surface area contributed by atoms with Crippen LogP contribution in [-0.4, -0.2) is 13.4 Å². The SMILES string of the molecule is COc1cc(C=O)cc(Br)c1C. The number of halogens is 1. The first kappa shape index (κ1) is 9.26. The van der Waals surface area contributed by atoms with Crippen LogP contribution in [0.15, 0.2) is 16.6 Å². The third-order valence-corrected chi connectivity index (χ3v) is 2.50. The zero-order valence-corrected chi connectivity index (χ0v) is 8.51. The minimum Gasteiger partial charge on any atom is -0.496 e. The molecule has 12 heavy (non-hydrogen) atoms. The maximum atomic E-state index is 10.5. The van der Waals surface area contributed by atoms with Crippen LogP contribution in [0.1, 0.15) is 15.9 Å². The van der Waals surface area contributed by atoms with Crippen molar-refractivity contribution in [1.82, 2.24) is 0 Å². The highest BCUT2D eigenvalue weighted by Gasteiger charge is 2.04. The number of hydrogen-bond donors (Lipinski definition) is 0. The summed E-state index contributed by atoms with van der Waals surface area (Å²) in [6.45, 7) is 1.93. The number of carbonyl (C=O) groups is 1. The number of ether oxygens (including phenoxy) is 1. The lowest BCUT2D eigenvalue weighted by Crippen LogP contribution is -1.90. The van der Waals surface area contributed by atoms with E-state index in [-0.39, 0.29) is 0 Å². The third kappa shape index (κ3) is 1.67. The van der Waals surface area contributed by atoms with Crippen LogP contribution in [0.4, 0.5) is 0 Å². The first-order chi connectivity index (χ1) is 5.69. The van der Waals surface area contributed by atoms with Gasteiger partial charge in [-0.15, -0.1) is 0 Å². The lowest BCUT2D eigenvalue weighted by molar-refractivity contribution is 0.112. The van der Waals surface area contributed by atoms with Crippen LogP contribution >= 0.6 is 15.9 Å². The number of methoxy groups -OCH3 is 1. The number of aldehydes is 1. The van der Waals surface area contributed by atoms with Crippen LogP contribution in [0.25, 0.3) is 0 Å². The molecule has 0 aromatic heterocycles. The first-order valence-corrected chi connectivity index (χ1v) is 4.27. The van der Waals surface area contributed by atoms with E-state index in [0.717, 1.165) is 22.1 Å². The minimum atomic E-state index is 0.615. The van der Waals surface area contributed by atoms with E-state index in [2.05, 4.69) is 15.9 Å². The summed E-state index contributed by atoms with van der Waals surface area (Å²) >= 11 is 3.34. The average molecular weight is 229 g/mol. The molecule has 0 bridgehead atoms. The molecule has 0 fully saturated rings. The molecule has 64 valence electrons. The van der Waals surface area contributed by atoms with Gasteiger partial charge in [0, 0.05) is 15.6 Å². The highest BCUT2D eigenvalue weighted by molar-refractivity contribution is 9.10. The molecule has 0 heterocycles. The van der Waals surface area contributed by atoms with E-state index in [9.17, 15) is 4.79 Å². The van der Waals surface area contributed by atoms with Gasteiger partial charge in [-0.3, -0.25) is 4.79 Å². The Morgan fingerprint density at radius 1 is 1.50 bits per heavy atom. The van der Waals surface area contributed by atoms with Crippen molar-refractivity contribution >= 4 is 22.2 Å². The number of benzene rings is 1. The van der Waals surface area contributed by atoms with Crippen molar-refractivity contribution in [3.63, 3.8) is 0 Å². The van der Waals surface area contributed by atoms with Gasteiger partial charge in [0.15, 0.2) is 0 Å². The average Bonchev–Trinajstić information content (AvgIpc) is 2.09. The van der Waals surface area contributed by atoms with Gasteiger partial charge in [0.05, 0.1) is 7.11 Å². The summed E-state index contributed by atoms with van der Waals surface area (Å²) in [6, 6.07) is 3.48. The van der Waals surface area contributed by atoms with Crippen LogP contribution in [0, 0.1) is 6.92 Å². The largest absolute Gasteiger partial charge is 0.496 e. The van der Waals surface area contributed by atoms with E-state index in [1.54, 1.807) is 19.2 Å². The molecule has 1 aromatic rings. The molecular formula is C9H9BrO2. The third-order valence-electron chi connectivity index (χ3n) is 1.67. The fourth-order valence-electron chi connectivity index (χ4n) is 0.954. The second-order valence-corrected chi connectivity index (χ2v) is 3.30. The topological polar surface area (TPSA) is 26.3 Å². The van der Waals surface area contributed by atoms with Gasteiger partial charge in [-0.05, 0) is 19.1 Å². The van der Waals surface area contributed by atoms with E-state index in [4.69, 9.17) is 4.74 Å². The molecule has 0 radical (unpaired) electrons. The van der Waals surface area contributed by atoms with Crippen molar-refractivity contribution in [2.75, 3.05) is 7.11 Å². The lowest BCUT2D eigenvalue weighted by atomic mass is 10.1. The van der Waals surface area contributed by atoms with Crippen molar-refractivity contribution in [1.29, 1.82) is 0 Å². The molecular weight excluding hydrogens is 220 g/mol. The smallest absolute Gasteiger partial charge is 0.150 e. The van der Waals surface area contributed by atoms with Crippen LogP contribution in [0.5, 0.6) is 5.75 Å². The summed E-state index contributed by atoms with van der Waals surface area (Å²) in [7, 11) is 1.59. The van der Waals surface area contributed by atoms with E-state index in [1.807, 2.05) is 6.92 Å². The molecule has 0 aliphatic rings. The molecule has 0 spiro atoms. The fourth-order valence-corrected chi connectivity index (χ4v) is 1.41. The molecule has 1 rings (SSSR count). The predicted octanol–water partition coefficient (Wildman–Crippen LogP) is 2.58. The summed E-state index contributed by atoms with van der Waals surface area (Å²) in [4.78, 5) is 10.5. The minimum absolute atomic E-state index is 0.615. The van der Waals surface area contributed by atoms with Crippen LogP contribution < -0.4 is 4.74 Å². The van der Waals surface area contributed by atoms with Crippen molar-refractivity contribution < 1.29 is 9.53 Å². The molecule has 0 saturated carbocycles. The van der Waals surface area contributed by atoms with Gasteiger partial charge in [-0.1, -0.05) is 15.9 Å². The quantitative estimate of drug-likeness (QED) is 0.728. The molecule has 0 aliphatic heterocycles. The Labute approximate surface area is 79.7 Å². The number of hydrogen-bond acceptors (Lipinski definition) is 2. The zero-order chi connectivity index (χ0) is 9.14. The Balaban J connectivity index is 3.28. The molecule has 0 atom stereocenters. The lowest BCUT2D eigenvalue weighted by Gasteiger charge is -2.06. The van der Waals surface area contributed by atoms with Crippen LogP contribution in [0.2, 0.25) is 0 Å². The van der Waals surface area contributed by atoms with Gasteiger partial charge >= 0.3 is 0 Å². The molecule has 0 unspecified atom stereocenters. The van der Waals surface area contributed by atoms with Crippen molar-refractivity contribution in [2.45, 2.75) is 6.92 Å². The molecule has 3 heteroatoms. The predicted molar refractivity (Wildman–Crippen MR) is 50.8 cm³/mol. The molecule has 0 N–H and O–H groups in total. The number of rotatable bonds is 2. The van der Waals surface area contributed by atoms with E-state index in [1.165, 1.54) is 0 Å². The van der Waals surface area contributed by atoms with Crippen LogP contribution in [0.3, 0.4) is 0 Å². The Hall–Kier alpha value is -0.830. The monoisotopic (exact) mass is 228 g/mol. The second-order valence-electron chi connectivity index (χ2n) is 2.45. The van der Waals surface area contributed by atoms with Gasteiger partial charge in [0.2, 0.25) is 0 Å². The van der Waals surface area contributed by atoms with Crippen molar-refractivity contribution in [3.05, 3.63) is 27.7 Å². The van der Waals surface area contributed by atoms with Gasteiger partial charge < -0.3 is 4.74 Å². The normalized spacial score (nSPS) is 9.58. The van der Waals surface area contributed by atoms with E-state index < -0.39 is 0 Å². The molecule has 0 aliphatic carbocycles. The van der Waals surface area contributed by atoms with Crippen molar-refractivity contribution in [3.8, 4) is 5.75 Å². The Morgan fingerprint density at radius 3 is 2.67 bits per heavy atom. The van der Waals surface area contributed by atoms with Gasteiger partial charge in [-0.25, -0.2) is 0 Å². The maximum absolute atomic E-state index is 10.5. The van der Waals surface area contributed by atoms with Crippen LogP contribution in [-0.2, 0) is 0 Å². The van der Waals surface area contributed by atoms with Gasteiger partial charge in [0.25, 0.3) is 0 Å².